The van der Waals surface area contributed by atoms with Gasteiger partial charge in [0.25, 0.3) is 5.91 Å². The van der Waals surface area contributed by atoms with E-state index in [2.05, 4.69) is 5.32 Å². The molecule has 0 aromatic heterocycles. The van der Waals surface area contributed by atoms with E-state index in [9.17, 15) is 4.79 Å². The Morgan fingerprint density at radius 1 is 0.931 bits per heavy atom. The zero-order chi connectivity index (χ0) is 20.5. The first kappa shape index (κ1) is 20.4. The number of benzene rings is 3. The molecule has 0 fully saturated rings. The van der Waals surface area contributed by atoms with E-state index in [1.807, 2.05) is 66.7 Å². The molecule has 0 atom stereocenters. The molecule has 0 aliphatic carbocycles. The molecule has 3 aromatic rings. The third kappa shape index (κ3) is 6.09. The number of hydrogen-bond donors (Lipinski definition) is 3. The van der Waals surface area contributed by atoms with Crippen molar-refractivity contribution < 1.29 is 14.6 Å². The summed E-state index contributed by atoms with van der Waals surface area (Å²) in [5.41, 5.74) is 10.5. The molecule has 29 heavy (non-hydrogen) atoms. The van der Waals surface area contributed by atoms with Gasteiger partial charge in [-0.15, -0.1) is 0 Å². The van der Waals surface area contributed by atoms with E-state index in [-0.39, 0.29) is 19.1 Å². The summed E-state index contributed by atoms with van der Waals surface area (Å²) < 4.78 is 6.03. The lowest BCUT2D eigenvalue weighted by Gasteiger charge is -2.13. The van der Waals surface area contributed by atoms with Gasteiger partial charge in [0.1, 0.15) is 12.4 Å². The first-order valence-electron chi connectivity index (χ1n) is 9.69. The molecule has 3 rings (SSSR count). The monoisotopic (exact) mass is 390 g/mol. The van der Waals surface area contributed by atoms with Crippen molar-refractivity contribution >= 4 is 11.6 Å². The van der Waals surface area contributed by atoms with Crippen molar-refractivity contribution in [2.24, 2.45) is 0 Å². The summed E-state index contributed by atoms with van der Waals surface area (Å²) >= 11 is 0. The summed E-state index contributed by atoms with van der Waals surface area (Å²) in [6.07, 6.45) is 1.50. The molecule has 5 nitrogen and oxygen atoms in total. The lowest BCUT2D eigenvalue weighted by molar-refractivity contribution is 0.0944. The van der Waals surface area contributed by atoms with Gasteiger partial charge < -0.3 is 20.9 Å². The van der Waals surface area contributed by atoms with Gasteiger partial charge in [-0.2, -0.15) is 0 Å². The van der Waals surface area contributed by atoms with Crippen LogP contribution >= 0.6 is 0 Å². The Morgan fingerprint density at radius 2 is 1.72 bits per heavy atom. The lowest BCUT2D eigenvalue weighted by atomic mass is 10.0. The van der Waals surface area contributed by atoms with Gasteiger partial charge in [0.05, 0.1) is 6.61 Å². The van der Waals surface area contributed by atoms with E-state index in [0.717, 1.165) is 35.3 Å². The summed E-state index contributed by atoms with van der Waals surface area (Å²) in [5, 5.41) is 11.5. The Labute approximate surface area is 171 Å². The van der Waals surface area contributed by atoms with Crippen LogP contribution in [0.25, 0.3) is 0 Å². The molecule has 5 heteroatoms. The van der Waals surface area contributed by atoms with Gasteiger partial charge >= 0.3 is 0 Å². The first-order valence-corrected chi connectivity index (χ1v) is 9.69. The van der Waals surface area contributed by atoms with Gasteiger partial charge in [-0.1, -0.05) is 42.5 Å². The highest BCUT2D eigenvalue weighted by Crippen LogP contribution is 2.24. The number of rotatable bonds is 9. The largest absolute Gasteiger partial charge is 0.489 e. The minimum Gasteiger partial charge on any atom is -0.489 e. The second kappa shape index (κ2) is 10.3. The third-order valence-electron chi connectivity index (χ3n) is 4.59. The molecule has 150 valence electrons. The van der Waals surface area contributed by atoms with Gasteiger partial charge in [0, 0.05) is 17.8 Å². The summed E-state index contributed by atoms with van der Waals surface area (Å²) in [6, 6.07) is 23.2. The normalized spacial score (nSPS) is 10.5. The molecular weight excluding hydrogens is 364 g/mol. The number of nitrogens with one attached hydrogen (secondary N) is 1. The van der Waals surface area contributed by atoms with Crippen molar-refractivity contribution in [2.75, 3.05) is 18.9 Å². The van der Waals surface area contributed by atoms with E-state index in [1.54, 1.807) is 6.07 Å². The predicted octanol–water partition coefficient (Wildman–Crippen LogP) is 3.36. The summed E-state index contributed by atoms with van der Waals surface area (Å²) in [5.74, 6) is 0.636. The average molecular weight is 390 g/mol. The number of nitrogen functional groups attached to an aromatic ring is 1. The minimum absolute atomic E-state index is 0.0768. The molecule has 0 saturated heterocycles. The molecule has 0 aliphatic heterocycles. The number of amides is 1. The van der Waals surface area contributed by atoms with E-state index in [1.165, 1.54) is 0 Å². The highest BCUT2D eigenvalue weighted by atomic mass is 16.5. The van der Waals surface area contributed by atoms with Crippen LogP contribution in [0.2, 0.25) is 0 Å². The quantitative estimate of drug-likeness (QED) is 0.489. The molecule has 0 aliphatic rings. The molecule has 4 N–H and O–H groups in total. The number of hydrogen-bond acceptors (Lipinski definition) is 4. The van der Waals surface area contributed by atoms with Crippen LogP contribution < -0.4 is 15.8 Å². The molecule has 3 aromatic carbocycles. The number of anilines is 1. The Bertz CT molecular complexity index is 942. The van der Waals surface area contributed by atoms with Crippen molar-refractivity contribution in [3.8, 4) is 5.75 Å². The van der Waals surface area contributed by atoms with Crippen LogP contribution in [0.1, 0.15) is 27.0 Å². The van der Waals surface area contributed by atoms with Crippen LogP contribution in [-0.4, -0.2) is 24.2 Å². The van der Waals surface area contributed by atoms with E-state index < -0.39 is 0 Å². The van der Waals surface area contributed by atoms with Crippen molar-refractivity contribution in [3.05, 3.63) is 95.1 Å². The fourth-order valence-electron chi connectivity index (χ4n) is 3.09. The van der Waals surface area contributed by atoms with Gasteiger partial charge in [-0.25, -0.2) is 0 Å². The van der Waals surface area contributed by atoms with Gasteiger partial charge in [0.15, 0.2) is 0 Å². The number of aliphatic hydroxyl groups excluding tert-OH is 1. The zero-order valence-corrected chi connectivity index (χ0v) is 16.3. The topological polar surface area (TPSA) is 84.6 Å². The zero-order valence-electron chi connectivity index (χ0n) is 16.3. The number of aliphatic hydroxyl groups is 1. The van der Waals surface area contributed by atoms with Crippen molar-refractivity contribution in [3.63, 3.8) is 0 Å². The lowest BCUT2D eigenvalue weighted by Crippen LogP contribution is -2.26. The fraction of sp³-hybridized carbons (Fsp3) is 0.208. The maximum absolute atomic E-state index is 12.1. The molecule has 0 radical (unpaired) electrons. The number of carbonyl (C=O) groups is 1. The van der Waals surface area contributed by atoms with Crippen LogP contribution in [0.3, 0.4) is 0 Å². The molecule has 0 unspecified atom stereocenters. The van der Waals surface area contributed by atoms with Crippen molar-refractivity contribution in [1.29, 1.82) is 0 Å². The molecule has 0 heterocycles. The van der Waals surface area contributed by atoms with Crippen LogP contribution in [0.5, 0.6) is 5.75 Å². The number of ether oxygens (including phenoxy) is 1. The molecule has 1 amide bonds. The van der Waals surface area contributed by atoms with Gasteiger partial charge in [-0.3, -0.25) is 4.79 Å². The highest BCUT2D eigenvalue weighted by Gasteiger charge is 2.08. The Kier molecular flexibility index (Phi) is 7.25. The van der Waals surface area contributed by atoms with Crippen LogP contribution in [0.4, 0.5) is 5.69 Å². The van der Waals surface area contributed by atoms with E-state index >= 15 is 0 Å². The smallest absolute Gasteiger partial charge is 0.251 e. The van der Waals surface area contributed by atoms with Crippen molar-refractivity contribution in [1.82, 2.24) is 5.32 Å². The Morgan fingerprint density at radius 3 is 2.52 bits per heavy atom. The molecule has 0 bridgehead atoms. The Hall–Kier alpha value is -3.31. The summed E-state index contributed by atoms with van der Waals surface area (Å²) in [4.78, 5) is 12.1. The minimum atomic E-state index is -0.184. The third-order valence-corrected chi connectivity index (χ3v) is 4.59. The maximum Gasteiger partial charge on any atom is 0.251 e. The van der Waals surface area contributed by atoms with Gasteiger partial charge in [-0.05, 0) is 59.9 Å². The second-order valence-electron chi connectivity index (χ2n) is 6.82. The maximum atomic E-state index is 12.1. The SMILES string of the molecule is Nc1ccc(OCc2ccccc2)c(CCc2cccc(C(=O)NCCO)c2)c1. The average Bonchev–Trinajstić information content (AvgIpc) is 2.76. The second-order valence-corrected chi connectivity index (χ2v) is 6.82. The standard InChI is InChI=1S/C24H26N2O3/c25-22-11-12-23(29-17-19-5-2-1-3-6-19)20(16-22)10-9-18-7-4-8-21(15-18)24(28)26-13-14-27/h1-8,11-12,15-16,27H,9-10,13-14,17,25H2,(H,26,28). The highest BCUT2D eigenvalue weighted by molar-refractivity contribution is 5.94. The summed E-state index contributed by atoms with van der Waals surface area (Å²) in [7, 11) is 0. The Balaban J connectivity index is 1.67. The fourth-order valence-corrected chi connectivity index (χ4v) is 3.09. The molecule has 0 spiro atoms. The van der Waals surface area contributed by atoms with Crippen molar-refractivity contribution in [2.45, 2.75) is 19.4 Å². The van der Waals surface area contributed by atoms with E-state index in [0.29, 0.717) is 17.9 Å². The van der Waals surface area contributed by atoms with E-state index in [4.69, 9.17) is 15.6 Å². The van der Waals surface area contributed by atoms with Crippen LogP contribution in [-0.2, 0) is 19.4 Å². The first-order chi connectivity index (χ1) is 14.2. The molecular formula is C24H26N2O3. The number of carbonyl (C=O) groups excluding carboxylic acids is 1. The van der Waals surface area contributed by atoms with Gasteiger partial charge in [0.2, 0.25) is 0 Å². The predicted molar refractivity (Wildman–Crippen MR) is 115 cm³/mol. The molecule has 0 saturated carbocycles. The van der Waals surface area contributed by atoms with Crippen LogP contribution in [0.15, 0.2) is 72.8 Å². The number of aryl methyl sites for hydroxylation is 2. The number of nitrogens with two attached hydrogens (primary N) is 1. The summed E-state index contributed by atoms with van der Waals surface area (Å²) in [6.45, 7) is 0.666. The van der Waals surface area contributed by atoms with Crippen LogP contribution in [0, 0.1) is 0 Å².